The monoisotopic (exact) mass is 433 g/mol. The standard InChI is InChI=1S/C22H21ClFNO5/c1-11-3-5-13-18(20(2)17(26)7-8-22(11,20)28)29-19(27)21(13)10-16(25-30-21)12-4-6-14(23)15(24)9-12/h4,6-9,11,13,18,28H,3,5,10H2,1-2H3/t11-,13?,18?,20-,21?,22+/m0/s1. The number of hydrogen-bond acceptors (Lipinski definition) is 6. The van der Waals surface area contributed by atoms with Crippen molar-refractivity contribution in [3.8, 4) is 0 Å². The van der Waals surface area contributed by atoms with E-state index in [9.17, 15) is 19.1 Å². The number of oxime groups is 1. The summed E-state index contributed by atoms with van der Waals surface area (Å²) < 4.78 is 19.7. The minimum absolute atomic E-state index is 0.00877. The van der Waals surface area contributed by atoms with Gasteiger partial charge in [-0.05, 0) is 50.0 Å². The van der Waals surface area contributed by atoms with Crippen molar-refractivity contribution < 1.29 is 28.7 Å². The highest BCUT2D eigenvalue weighted by Crippen LogP contribution is 2.59. The van der Waals surface area contributed by atoms with Gasteiger partial charge in [0.05, 0.1) is 16.7 Å². The van der Waals surface area contributed by atoms with E-state index in [0.717, 1.165) is 0 Å². The Morgan fingerprint density at radius 3 is 2.80 bits per heavy atom. The molecule has 4 aliphatic rings. The molecule has 1 saturated carbocycles. The number of carbonyl (C=O) groups is 2. The highest BCUT2D eigenvalue weighted by atomic mass is 35.5. The first-order chi connectivity index (χ1) is 14.1. The molecule has 1 aromatic carbocycles. The Bertz CT molecular complexity index is 1040. The van der Waals surface area contributed by atoms with Gasteiger partial charge in [-0.15, -0.1) is 0 Å². The maximum atomic E-state index is 13.9. The lowest BCUT2D eigenvalue weighted by Gasteiger charge is -2.43. The Hall–Kier alpha value is -2.25. The molecule has 2 heterocycles. The van der Waals surface area contributed by atoms with Crippen LogP contribution in [0.3, 0.4) is 0 Å². The average molecular weight is 434 g/mol. The summed E-state index contributed by atoms with van der Waals surface area (Å²) in [7, 11) is 0. The number of nitrogens with zero attached hydrogens (tertiary/aromatic N) is 1. The Morgan fingerprint density at radius 2 is 2.07 bits per heavy atom. The van der Waals surface area contributed by atoms with Gasteiger partial charge in [-0.3, -0.25) is 4.79 Å². The van der Waals surface area contributed by atoms with Crippen LogP contribution < -0.4 is 0 Å². The second kappa shape index (κ2) is 6.14. The Balaban J connectivity index is 1.53. The zero-order valence-electron chi connectivity index (χ0n) is 16.5. The van der Waals surface area contributed by atoms with Crippen molar-refractivity contribution >= 4 is 29.1 Å². The lowest BCUT2D eigenvalue weighted by Crippen LogP contribution is -2.57. The van der Waals surface area contributed by atoms with Gasteiger partial charge in [0.25, 0.3) is 0 Å². The number of hydrogen-bond donors (Lipinski definition) is 1. The molecule has 0 aromatic heterocycles. The third-order valence-corrected chi connectivity index (χ3v) is 7.92. The Kier molecular flexibility index (Phi) is 4.03. The number of aliphatic hydroxyl groups is 1. The van der Waals surface area contributed by atoms with Crippen LogP contribution in [0.5, 0.6) is 0 Å². The molecule has 2 fully saturated rings. The van der Waals surface area contributed by atoms with Gasteiger partial charge in [-0.2, -0.15) is 0 Å². The van der Waals surface area contributed by atoms with Gasteiger partial charge in [-0.25, -0.2) is 9.18 Å². The lowest BCUT2D eigenvalue weighted by atomic mass is 9.63. The summed E-state index contributed by atoms with van der Waals surface area (Å²) in [5.74, 6) is -2.15. The molecule has 1 aromatic rings. The predicted octanol–water partition coefficient (Wildman–Crippen LogP) is 3.19. The molecular formula is C22H21ClFNO5. The van der Waals surface area contributed by atoms with Crippen molar-refractivity contribution in [1.29, 1.82) is 0 Å². The SMILES string of the molecule is C[C@H]1CCC2C(OC(=O)C23CC(c2ccc(Cl)c(F)c2)=NO3)[C@]2(C)C(=O)C=C[C@@]12O. The number of rotatable bonds is 1. The number of benzene rings is 1. The lowest BCUT2D eigenvalue weighted by molar-refractivity contribution is -0.169. The van der Waals surface area contributed by atoms with Crippen LogP contribution in [0, 0.1) is 23.1 Å². The highest BCUT2D eigenvalue weighted by molar-refractivity contribution is 6.30. The van der Waals surface area contributed by atoms with Crippen LogP contribution in [0.1, 0.15) is 38.7 Å². The third kappa shape index (κ3) is 2.25. The highest BCUT2D eigenvalue weighted by Gasteiger charge is 2.73. The number of halogens is 2. The first kappa shape index (κ1) is 19.7. The molecule has 8 heteroatoms. The fraction of sp³-hybridized carbons (Fsp3) is 0.500. The molecule has 2 aliphatic heterocycles. The number of carbonyl (C=O) groups excluding carboxylic acids is 2. The van der Waals surface area contributed by atoms with Crippen molar-refractivity contribution in [2.24, 2.45) is 22.4 Å². The fourth-order valence-electron chi connectivity index (χ4n) is 5.63. The molecule has 0 radical (unpaired) electrons. The van der Waals surface area contributed by atoms with E-state index in [0.29, 0.717) is 24.1 Å². The second-order valence-electron chi connectivity index (χ2n) is 8.96. The minimum atomic E-state index is -1.41. The molecule has 30 heavy (non-hydrogen) atoms. The van der Waals surface area contributed by atoms with Gasteiger partial charge in [0.15, 0.2) is 5.78 Å². The fourth-order valence-corrected chi connectivity index (χ4v) is 5.74. The van der Waals surface area contributed by atoms with Crippen molar-refractivity contribution in [3.05, 3.63) is 46.8 Å². The van der Waals surface area contributed by atoms with Crippen LogP contribution in [-0.2, 0) is 19.2 Å². The third-order valence-electron chi connectivity index (χ3n) is 7.61. The second-order valence-corrected chi connectivity index (χ2v) is 9.37. The largest absolute Gasteiger partial charge is 0.458 e. The van der Waals surface area contributed by atoms with Crippen molar-refractivity contribution in [3.63, 3.8) is 0 Å². The van der Waals surface area contributed by atoms with E-state index in [2.05, 4.69) is 5.16 Å². The summed E-state index contributed by atoms with van der Waals surface area (Å²) in [5.41, 5.74) is -3.22. The van der Waals surface area contributed by atoms with E-state index >= 15 is 0 Å². The van der Waals surface area contributed by atoms with Gasteiger partial charge < -0.3 is 14.7 Å². The molecule has 0 amide bonds. The Labute approximate surface area is 177 Å². The zero-order chi connectivity index (χ0) is 21.5. The smallest absolute Gasteiger partial charge is 0.354 e. The number of ether oxygens (including phenoxy) is 1. The molecule has 2 aliphatic carbocycles. The molecular weight excluding hydrogens is 413 g/mol. The predicted molar refractivity (Wildman–Crippen MR) is 105 cm³/mol. The van der Waals surface area contributed by atoms with E-state index in [1.54, 1.807) is 13.0 Å². The number of allylic oxidation sites excluding steroid dienone is 1. The van der Waals surface area contributed by atoms with Crippen LogP contribution in [0.2, 0.25) is 5.02 Å². The van der Waals surface area contributed by atoms with Crippen molar-refractivity contribution in [2.75, 3.05) is 0 Å². The minimum Gasteiger partial charge on any atom is -0.458 e. The van der Waals surface area contributed by atoms with Crippen LogP contribution in [-0.4, -0.2) is 39.9 Å². The van der Waals surface area contributed by atoms with Gasteiger partial charge in [-0.1, -0.05) is 29.7 Å². The van der Waals surface area contributed by atoms with Crippen LogP contribution in [0.25, 0.3) is 0 Å². The van der Waals surface area contributed by atoms with E-state index < -0.39 is 40.4 Å². The van der Waals surface area contributed by atoms with Crippen molar-refractivity contribution in [2.45, 2.75) is 50.4 Å². The first-order valence-corrected chi connectivity index (χ1v) is 10.4. The summed E-state index contributed by atoms with van der Waals surface area (Å²) >= 11 is 5.77. The van der Waals surface area contributed by atoms with Crippen LogP contribution in [0.4, 0.5) is 4.39 Å². The zero-order valence-corrected chi connectivity index (χ0v) is 17.3. The quantitative estimate of drug-likeness (QED) is 0.687. The van der Waals surface area contributed by atoms with E-state index in [1.165, 1.54) is 24.3 Å². The maximum absolute atomic E-state index is 13.9. The summed E-state index contributed by atoms with van der Waals surface area (Å²) in [6.07, 6.45) is 3.27. The number of ketones is 1. The summed E-state index contributed by atoms with van der Waals surface area (Å²) in [5, 5.41) is 15.5. The molecule has 6 nitrogen and oxygen atoms in total. The molecule has 3 unspecified atom stereocenters. The topological polar surface area (TPSA) is 85.2 Å². The summed E-state index contributed by atoms with van der Waals surface area (Å²) in [6, 6.07) is 4.29. The van der Waals surface area contributed by atoms with Gasteiger partial charge in [0.2, 0.25) is 5.60 Å². The van der Waals surface area contributed by atoms with Crippen LogP contribution >= 0.6 is 11.6 Å². The molecule has 158 valence electrons. The normalized spacial score (nSPS) is 41.9. The molecule has 1 N–H and O–H groups in total. The number of fused-ring (bicyclic) bond motifs is 4. The van der Waals surface area contributed by atoms with E-state index in [-0.39, 0.29) is 23.1 Å². The van der Waals surface area contributed by atoms with Gasteiger partial charge >= 0.3 is 5.97 Å². The summed E-state index contributed by atoms with van der Waals surface area (Å²) in [4.78, 5) is 31.7. The van der Waals surface area contributed by atoms with Gasteiger partial charge in [0.1, 0.15) is 22.9 Å². The average Bonchev–Trinajstić information content (AvgIpc) is 3.33. The molecule has 1 saturated heterocycles. The van der Waals surface area contributed by atoms with E-state index in [1.807, 2.05) is 6.92 Å². The molecule has 5 rings (SSSR count). The maximum Gasteiger partial charge on any atom is 0.354 e. The van der Waals surface area contributed by atoms with Gasteiger partial charge in [0, 0.05) is 12.0 Å². The Morgan fingerprint density at radius 1 is 1.30 bits per heavy atom. The van der Waals surface area contributed by atoms with Crippen molar-refractivity contribution in [1.82, 2.24) is 0 Å². The number of esters is 1. The molecule has 0 bridgehead atoms. The van der Waals surface area contributed by atoms with Crippen LogP contribution in [0.15, 0.2) is 35.5 Å². The molecule has 6 atom stereocenters. The molecule has 1 spiro atoms. The summed E-state index contributed by atoms with van der Waals surface area (Å²) in [6.45, 7) is 3.55. The van der Waals surface area contributed by atoms with E-state index in [4.69, 9.17) is 21.2 Å². The first-order valence-electron chi connectivity index (χ1n) is 10.0.